The van der Waals surface area contributed by atoms with Crippen LogP contribution in [0.4, 0.5) is 0 Å². The zero-order valence-electron chi connectivity index (χ0n) is 4.79. The van der Waals surface area contributed by atoms with Gasteiger partial charge in [-0.25, -0.2) is 0 Å². The minimum atomic E-state index is 0.767. The highest BCUT2D eigenvalue weighted by atomic mass is 16.7. The molecule has 0 saturated heterocycles. The number of hydroxylamine groups is 1. The molecular formula is C6H6N2O. The molecule has 1 aliphatic rings. The van der Waals surface area contributed by atoms with Gasteiger partial charge >= 0.3 is 0 Å². The number of fused-ring (bicyclic) bond motifs is 1. The van der Waals surface area contributed by atoms with Gasteiger partial charge in [-0.15, -0.1) is 0 Å². The molecule has 0 amide bonds. The van der Waals surface area contributed by atoms with Crippen molar-refractivity contribution in [1.82, 2.24) is 10.5 Å². The molecule has 0 saturated carbocycles. The summed E-state index contributed by atoms with van der Waals surface area (Å²) < 4.78 is 0. The minimum Gasteiger partial charge on any atom is -0.408 e. The van der Waals surface area contributed by atoms with Gasteiger partial charge in [0.15, 0.2) is 5.75 Å². The van der Waals surface area contributed by atoms with Crippen molar-refractivity contribution in [1.29, 1.82) is 0 Å². The molecule has 3 heteroatoms. The number of hydrogen-bond donors (Lipinski definition) is 1. The van der Waals surface area contributed by atoms with Gasteiger partial charge in [-0.3, -0.25) is 4.98 Å². The Balaban J connectivity index is 2.54. The fraction of sp³-hybridized carbons (Fsp3) is 0.167. The topological polar surface area (TPSA) is 34.2 Å². The smallest absolute Gasteiger partial charge is 0.154 e. The highest BCUT2D eigenvalue weighted by Gasteiger charge is 2.09. The van der Waals surface area contributed by atoms with Crippen LogP contribution >= 0.6 is 0 Å². The van der Waals surface area contributed by atoms with E-state index in [0.29, 0.717) is 0 Å². The van der Waals surface area contributed by atoms with Crippen molar-refractivity contribution in [3.8, 4) is 5.75 Å². The first kappa shape index (κ1) is 4.76. The Labute approximate surface area is 52.6 Å². The van der Waals surface area contributed by atoms with Crippen molar-refractivity contribution >= 4 is 0 Å². The summed E-state index contributed by atoms with van der Waals surface area (Å²) in [7, 11) is 0. The standard InChI is InChI=1S/C6H6N2O/c1-2-7-3-5-4-8-9-6(1)5/h1-3,8H,4H2. The van der Waals surface area contributed by atoms with Crippen molar-refractivity contribution in [2.45, 2.75) is 6.54 Å². The maximum atomic E-state index is 5.01. The molecule has 0 unspecified atom stereocenters. The largest absolute Gasteiger partial charge is 0.408 e. The van der Waals surface area contributed by atoms with Crippen LogP contribution in [-0.2, 0) is 6.54 Å². The van der Waals surface area contributed by atoms with E-state index in [1.807, 2.05) is 6.07 Å². The molecule has 1 aromatic rings. The molecule has 46 valence electrons. The minimum absolute atomic E-state index is 0.767. The van der Waals surface area contributed by atoms with Crippen LogP contribution in [0.3, 0.4) is 0 Å². The average Bonchev–Trinajstić information content (AvgIpc) is 2.33. The summed E-state index contributed by atoms with van der Waals surface area (Å²) in [5.74, 6) is 0.894. The maximum Gasteiger partial charge on any atom is 0.154 e. The normalized spacial score (nSPS) is 14.7. The SMILES string of the molecule is c1cc2c(cn1)CNO2. The highest BCUT2D eigenvalue weighted by Crippen LogP contribution is 2.19. The molecule has 2 rings (SSSR count). The van der Waals surface area contributed by atoms with Gasteiger partial charge in [0.25, 0.3) is 0 Å². The first-order valence-corrected chi connectivity index (χ1v) is 2.79. The molecule has 0 atom stereocenters. The van der Waals surface area contributed by atoms with E-state index in [4.69, 9.17) is 4.84 Å². The number of nitrogens with zero attached hydrogens (tertiary/aromatic N) is 1. The Hall–Kier alpha value is -1.09. The molecule has 0 radical (unpaired) electrons. The van der Waals surface area contributed by atoms with Crippen molar-refractivity contribution in [2.75, 3.05) is 0 Å². The van der Waals surface area contributed by atoms with Gasteiger partial charge in [0.05, 0.1) is 6.54 Å². The lowest BCUT2D eigenvalue weighted by Gasteiger charge is -1.91. The second kappa shape index (κ2) is 1.70. The third kappa shape index (κ3) is 0.658. The van der Waals surface area contributed by atoms with Crippen molar-refractivity contribution in [3.05, 3.63) is 24.0 Å². The molecule has 1 aliphatic heterocycles. The van der Waals surface area contributed by atoms with E-state index in [2.05, 4.69) is 10.5 Å². The van der Waals surface area contributed by atoms with E-state index in [1.165, 1.54) is 0 Å². The monoisotopic (exact) mass is 122 g/mol. The van der Waals surface area contributed by atoms with E-state index >= 15 is 0 Å². The Kier molecular flexibility index (Phi) is 0.899. The van der Waals surface area contributed by atoms with E-state index in [0.717, 1.165) is 17.9 Å². The second-order valence-electron chi connectivity index (χ2n) is 1.91. The lowest BCUT2D eigenvalue weighted by Crippen LogP contribution is -2.07. The molecule has 0 aromatic carbocycles. The van der Waals surface area contributed by atoms with Crippen molar-refractivity contribution < 1.29 is 4.84 Å². The number of hydrogen-bond acceptors (Lipinski definition) is 3. The molecule has 0 spiro atoms. The van der Waals surface area contributed by atoms with Crippen LogP contribution in [0.2, 0.25) is 0 Å². The first-order chi connectivity index (χ1) is 4.47. The summed E-state index contributed by atoms with van der Waals surface area (Å²) in [5, 5.41) is 0. The van der Waals surface area contributed by atoms with Crippen LogP contribution in [0.1, 0.15) is 5.56 Å². The third-order valence-electron chi connectivity index (χ3n) is 1.30. The summed E-state index contributed by atoms with van der Waals surface area (Å²) in [6.45, 7) is 0.767. The van der Waals surface area contributed by atoms with E-state index in [1.54, 1.807) is 12.4 Å². The lowest BCUT2D eigenvalue weighted by atomic mass is 10.3. The molecule has 3 nitrogen and oxygen atoms in total. The van der Waals surface area contributed by atoms with Crippen LogP contribution in [0.15, 0.2) is 18.5 Å². The third-order valence-corrected chi connectivity index (χ3v) is 1.30. The Morgan fingerprint density at radius 2 is 2.67 bits per heavy atom. The summed E-state index contributed by atoms with van der Waals surface area (Å²) in [4.78, 5) is 8.94. The van der Waals surface area contributed by atoms with E-state index in [9.17, 15) is 0 Å². The van der Waals surface area contributed by atoms with Gasteiger partial charge in [-0.2, -0.15) is 5.48 Å². The molecule has 0 bridgehead atoms. The maximum absolute atomic E-state index is 5.01. The first-order valence-electron chi connectivity index (χ1n) is 2.79. The van der Waals surface area contributed by atoms with Gasteiger partial charge in [-0.1, -0.05) is 0 Å². The predicted molar refractivity (Wildman–Crippen MR) is 31.7 cm³/mol. The van der Waals surface area contributed by atoms with Gasteiger partial charge in [0, 0.05) is 24.0 Å². The Bertz CT molecular complexity index is 201. The van der Waals surface area contributed by atoms with Crippen LogP contribution < -0.4 is 10.3 Å². The average molecular weight is 122 g/mol. The zero-order valence-corrected chi connectivity index (χ0v) is 4.79. The van der Waals surface area contributed by atoms with Crippen LogP contribution in [0.5, 0.6) is 5.75 Å². The van der Waals surface area contributed by atoms with E-state index < -0.39 is 0 Å². The van der Waals surface area contributed by atoms with Crippen molar-refractivity contribution in [2.24, 2.45) is 0 Å². The van der Waals surface area contributed by atoms with Gasteiger partial charge in [0.1, 0.15) is 0 Å². The van der Waals surface area contributed by atoms with Gasteiger partial charge in [-0.05, 0) is 0 Å². The second-order valence-corrected chi connectivity index (χ2v) is 1.91. The quantitative estimate of drug-likeness (QED) is 0.543. The van der Waals surface area contributed by atoms with E-state index in [-0.39, 0.29) is 0 Å². The summed E-state index contributed by atoms with van der Waals surface area (Å²) >= 11 is 0. The fourth-order valence-corrected chi connectivity index (χ4v) is 0.838. The molecular weight excluding hydrogens is 116 g/mol. The summed E-state index contributed by atoms with van der Waals surface area (Å²) in [6.07, 6.45) is 3.52. The predicted octanol–water partition coefficient (Wildman–Crippen LogP) is 0.479. The van der Waals surface area contributed by atoms with Crippen LogP contribution in [-0.4, -0.2) is 4.98 Å². The van der Waals surface area contributed by atoms with Gasteiger partial charge in [0.2, 0.25) is 0 Å². The Morgan fingerprint density at radius 1 is 1.67 bits per heavy atom. The highest BCUT2D eigenvalue weighted by molar-refractivity contribution is 5.31. The lowest BCUT2D eigenvalue weighted by molar-refractivity contribution is 0.224. The number of aromatic nitrogens is 1. The van der Waals surface area contributed by atoms with Crippen LogP contribution in [0.25, 0.3) is 0 Å². The molecule has 9 heavy (non-hydrogen) atoms. The molecule has 2 heterocycles. The Morgan fingerprint density at radius 3 is 3.56 bits per heavy atom. The number of nitrogens with one attached hydrogen (secondary N) is 1. The van der Waals surface area contributed by atoms with Crippen LogP contribution in [0, 0.1) is 0 Å². The van der Waals surface area contributed by atoms with Gasteiger partial charge < -0.3 is 4.84 Å². The number of rotatable bonds is 0. The summed E-state index contributed by atoms with van der Waals surface area (Å²) in [5.41, 5.74) is 3.87. The number of pyridine rings is 1. The molecule has 1 aromatic heterocycles. The fourth-order valence-electron chi connectivity index (χ4n) is 0.838. The van der Waals surface area contributed by atoms with Crippen molar-refractivity contribution in [3.63, 3.8) is 0 Å². The molecule has 0 fully saturated rings. The molecule has 0 aliphatic carbocycles. The molecule has 1 N–H and O–H groups in total. The summed E-state index contributed by atoms with van der Waals surface area (Å²) in [6, 6.07) is 1.84. The zero-order chi connectivity index (χ0) is 6.10.